The van der Waals surface area contributed by atoms with Crippen LogP contribution in [0.25, 0.3) is 5.69 Å². The average Bonchev–Trinajstić information content (AvgIpc) is 3.10. The number of rotatable bonds is 5. The minimum Gasteiger partial charge on any atom is -0.325 e. The number of carbonyl (C=O) groups excluding carboxylic acids is 1. The van der Waals surface area contributed by atoms with Crippen molar-refractivity contribution in [1.82, 2.24) is 15.5 Å². The average molecular weight is 337 g/mol. The molecule has 0 atom stereocenters. The highest BCUT2D eigenvalue weighted by Gasteiger charge is 2.18. The summed E-state index contributed by atoms with van der Waals surface area (Å²) in [5.74, 6) is 0.0339. The van der Waals surface area contributed by atoms with Crippen molar-refractivity contribution < 1.29 is 9.48 Å². The smallest absolute Gasteiger partial charge is 0.325 e. The van der Waals surface area contributed by atoms with E-state index < -0.39 is 0 Å². The molecule has 0 radical (unpaired) electrons. The summed E-state index contributed by atoms with van der Waals surface area (Å²) in [4.78, 5) is 12.0. The maximum Gasteiger partial charge on any atom is 0.365 e. The first-order valence-corrected chi connectivity index (χ1v) is 8.06. The Labute approximate surface area is 142 Å². The molecule has 7 nitrogen and oxygen atoms in total. The molecule has 0 aliphatic rings. The molecule has 3 aromatic rings. The van der Waals surface area contributed by atoms with E-state index in [4.69, 9.17) is 5.26 Å². The van der Waals surface area contributed by atoms with Crippen LogP contribution in [-0.2, 0) is 4.79 Å². The Morgan fingerprint density at radius 2 is 1.96 bits per heavy atom. The molecule has 0 bridgehead atoms. The number of hydrogen-bond donors (Lipinski definition) is 2. The van der Waals surface area contributed by atoms with Crippen molar-refractivity contribution in [1.29, 1.82) is 5.26 Å². The van der Waals surface area contributed by atoms with Crippen LogP contribution in [0, 0.1) is 11.3 Å². The Morgan fingerprint density at radius 3 is 2.67 bits per heavy atom. The first kappa shape index (κ1) is 15.7. The normalized spacial score (nSPS) is 10.1. The second-order valence-electron chi connectivity index (χ2n) is 4.78. The number of nitrogens with one attached hydrogen (secondary N) is 2. The fourth-order valence-corrected chi connectivity index (χ4v) is 2.70. The molecule has 1 aromatic heterocycles. The van der Waals surface area contributed by atoms with Gasteiger partial charge in [0.25, 0.3) is 0 Å². The lowest BCUT2D eigenvalue weighted by Gasteiger charge is -2.03. The van der Waals surface area contributed by atoms with Crippen LogP contribution in [0.4, 0.5) is 5.69 Å². The largest absolute Gasteiger partial charge is 0.365 e. The summed E-state index contributed by atoms with van der Waals surface area (Å²) in [7, 11) is 0. The lowest BCUT2D eigenvalue weighted by molar-refractivity contribution is -0.697. The van der Waals surface area contributed by atoms with Gasteiger partial charge >= 0.3 is 5.16 Å². The van der Waals surface area contributed by atoms with Gasteiger partial charge in [0.2, 0.25) is 5.91 Å². The van der Waals surface area contributed by atoms with Crippen LogP contribution in [0.5, 0.6) is 0 Å². The molecule has 0 aliphatic heterocycles. The third-order valence-electron chi connectivity index (χ3n) is 3.12. The monoisotopic (exact) mass is 337 g/mol. The van der Waals surface area contributed by atoms with Gasteiger partial charge in [-0.05, 0) is 48.2 Å². The number of aromatic amines is 1. The van der Waals surface area contributed by atoms with E-state index in [-0.39, 0.29) is 11.7 Å². The van der Waals surface area contributed by atoms with Gasteiger partial charge in [-0.1, -0.05) is 23.4 Å². The minimum absolute atomic E-state index is 0.160. The standard InChI is InChI=1S/C16H12N6OS/c17-10-12-6-8-13(9-7-12)18-15(23)11-24-16-19-20-21-22(16)14-4-2-1-3-5-14/h1-9H,11H2,(H,18,23)/p+1. The fourth-order valence-electron chi connectivity index (χ4n) is 1.99. The van der Waals surface area contributed by atoms with Crippen molar-refractivity contribution >= 4 is 23.4 Å². The van der Waals surface area contributed by atoms with Crippen molar-refractivity contribution in [2.75, 3.05) is 11.1 Å². The highest BCUT2D eigenvalue weighted by atomic mass is 32.2. The van der Waals surface area contributed by atoms with Crippen LogP contribution in [0.1, 0.15) is 5.56 Å². The number of anilines is 1. The molecule has 1 amide bonds. The van der Waals surface area contributed by atoms with Gasteiger partial charge in [0, 0.05) is 5.69 Å². The van der Waals surface area contributed by atoms with Crippen LogP contribution in [0.15, 0.2) is 59.8 Å². The summed E-state index contributed by atoms with van der Waals surface area (Å²) < 4.78 is 1.71. The number of amides is 1. The number of tetrazole rings is 1. The Balaban J connectivity index is 1.61. The number of H-pyrrole nitrogens is 1. The van der Waals surface area contributed by atoms with Gasteiger partial charge in [-0.2, -0.15) is 5.26 Å². The van der Waals surface area contributed by atoms with E-state index in [1.54, 1.807) is 28.9 Å². The lowest BCUT2D eigenvalue weighted by Crippen LogP contribution is -2.35. The first-order chi connectivity index (χ1) is 11.8. The molecule has 0 saturated carbocycles. The molecule has 24 heavy (non-hydrogen) atoms. The zero-order valence-electron chi connectivity index (χ0n) is 12.5. The Hall–Kier alpha value is -3.18. The van der Waals surface area contributed by atoms with E-state index in [0.29, 0.717) is 16.4 Å². The van der Waals surface area contributed by atoms with Crippen molar-refractivity contribution in [2.24, 2.45) is 0 Å². The predicted molar refractivity (Wildman–Crippen MR) is 88.4 cm³/mol. The summed E-state index contributed by atoms with van der Waals surface area (Å²) in [6, 6.07) is 18.3. The SMILES string of the molecule is N#Cc1ccc(NC(=O)CSc2nn[nH][n+]2-c2ccccc2)cc1. The van der Waals surface area contributed by atoms with Crippen LogP contribution in [-0.4, -0.2) is 27.2 Å². The van der Waals surface area contributed by atoms with Gasteiger partial charge in [0.05, 0.1) is 17.4 Å². The van der Waals surface area contributed by atoms with E-state index in [0.717, 1.165) is 5.69 Å². The minimum atomic E-state index is -0.160. The molecular formula is C16H13N6OS+. The molecule has 2 N–H and O–H groups in total. The van der Waals surface area contributed by atoms with E-state index in [2.05, 4.69) is 20.8 Å². The third-order valence-corrected chi connectivity index (χ3v) is 4.05. The van der Waals surface area contributed by atoms with Crippen molar-refractivity contribution in [3.05, 3.63) is 60.2 Å². The zero-order valence-corrected chi connectivity index (χ0v) is 13.3. The van der Waals surface area contributed by atoms with Crippen LogP contribution in [0.3, 0.4) is 0 Å². The highest BCUT2D eigenvalue weighted by Crippen LogP contribution is 2.13. The number of aromatic nitrogens is 4. The Kier molecular flexibility index (Phi) is 4.84. The number of para-hydroxylation sites is 1. The maximum atomic E-state index is 12.0. The maximum absolute atomic E-state index is 12.0. The van der Waals surface area contributed by atoms with Crippen molar-refractivity contribution in [2.45, 2.75) is 5.16 Å². The number of benzene rings is 2. The second-order valence-corrected chi connectivity index (χ2v) is 5.72. The second kappa shape index (κ2) is 7.39. The van der Waals surface area contributed by atoms with Gasteiger partial charge in [0.1, 0.15) is 10.8 Å². The fraction of sp³-hybridized carbons (Fsp3) is 0.0625. The van der Waals surface area contributed by atoms with E-state index in [1.807, 2.05) is 36.4 Å². The molecule has 0 unspecified atom stereocenters. The first-order valence-electron chi connectivity index (χ1n) is 7.07. The van der Waals surface area contributed by atoms with Gasteiger partial charge in [-0.3, -0.25) is 4.79 Å². The molecule has 0 fully saturated rings. The summed E-state index contributed by atoms with van der Waals surface area (Å²) in [6.07, 6.45) is 0. The Morgan fingerprint density at radius 1 is 1.21 bits per heavy atom. The molecular weight excluding hydrogens is 324 g/mol. The number of thioether (sulfide) groups is 1. The van der Waals surface area contributed by atoms with Gasteiger partial charge < -0.3 is 5.32 Å². The third kappa shape index (κ3) is 3.77. The lowest BCUT2D eigenvalue weighted by atomic mass is 10.2. The van der Waals surface area contributed by atoms with Gasteiger partial charge in [-0.15, -0.1) is 4.68 Å². The van der Waals surface area contributed by atoms with Crippen molar-refractivity contribution in [3.63, 3.8) is 0 Å². The van der Waals surface area contributed by atoms with Crippen molar-refractivity contribution in [3.8, 4) is 11.8 Å². The van der Waals surface area contributed by atoms with Crippen LogP contribution >= 0.6 is 11.8 Å². The Bertz CT molecular complexity index is 870. The molecule has 0 aliphatic carbocycles. The summed E-state index contributed by atoms with van der Waals surface area (Å²) in [5, 5.41) is 22.7. The molecule has 118 valence electrons. The van der Waals surface area contributed by atoms with Crippen LogP contribution < -0.4 is 10.00 Å². The molecule has 1 heterocycles. The zero-order chi connectivity index (χ0) is 16.8. The molecule has 2 aromatic carbocycles. The topological polar surface area (TPSA) is 98.3 Å². The molecule has 8 heteroatoms. The molecule has 0 saturated heterocycles. The van der Waals surface area contributed by atoms with E-state index in [9.17, 15) is 4.79 Å². The predicted octanol–water partition coefficient (Wildman–Crippen LogP) is 1.68. The summed E-state index contributed by atoms with van der Waals surface area (Å²) in [6.45, 7) is 0. The quantitative estimate of drug-likeness (QED) is 0.545. The number of nitriles is 1. The highest BCUT2D eigenvalue weighted by molar-refractivity contribution is 7.99. The number of carbonyl (C=O) groups is 1. The van der Waals surface area contributed by atoms with E-state index in [1.165, 1.54) is 11.8 Å². The summed E-state index contributed by atoms with van der Waals surface area (Å²) in [5.41, 5.74) is 2.09. The molecule has 3 rings (SSSR count). The molecule has 0 spiro atoms. The van der Waals surface area contributed by atoms with Crippen LogP contribution in [0.2, 0.25) is 0 Å². The number of nitrogens with zero attached hydrogens (tertiary/aromatic N) is 4. The van der Waals surface area contributed by atoms with Gasteiger partial charge in [0.15, 0.2) is 5.21 Å². The number of hydrogen-bond acceptors (Lipinski definition) is 5. The van der Waals surface area contributed by atoms with E-state index >= 15 is 0 Å². The summed E-state index contributed by atoms with van der Waals surface area (Å²) >= 11 is 1.28. The van der Waals surface area contributed by atoms with Gasteiger partial charge in [-0.25, -0.2) is 0 Å².